The van der Waals surface area contributed by atoms with E-state index in [9.17, 15) is 0 Å². The minimum absolute atomic E-state index is 0.684. The average Bonchev–Trinajstić information content (AvgIpc) is 2.82. The smallest absolute Gasteiger partial charge is 0.119 e. The molecule has 0 saturated carbocycles. The fraction of sp³-hybridized carbons (Fsp3) is 0.133. The lowest BCUT2D eigenvalue weighted by Gasteiger charge is -2.25. The van der Waals surface area contributed by atoms with Crippen molar-refractivity contribution in [1.82, 2.24) is 0 Å². The predicted octanol–water partition coefficient (Wildman–Crippen LogP) is 8.34. The molecule has 2 heteroatoms. The van der Waals surface area contributed by atoms with Crippen LogP contribution in [0.4, 0.5) is 17.1 Å². The van der Waals surface area contributed by atoms with Crippen LogP contribution in [-0.4, -0.2) is 6.61 Å². The van der Waals surface area contributed by atoms with Crippen LogP contribution in [0.3, 0.4) is 0 Å². The molecule has 160 valence electrons. The highest BCUT2D eigenvalue weighted by atomic mass is 16.5. The minimum Gasteiger partial charge on any atom is -0.494 e. The largest absolute Gasteiger partial charge is 0.494 e. The van der Waals surface area contributed by atoms with Crippen LogP contribution in [0.5, 0.6) is 5.75 Å². The van der Waals surface area contributed by atoms with Gasteiger partial charge in [0, 0.05) is 17.1 Å². The predicted molar refractivity (Wildman–Crippen MR) is 137 cm³/mol. The van der Waals surface area contributed by atoms with Gasteiger partial charge in [0.05, 0.1) is 6.61 Å². The summed E-state index contributed by atoms with van der Waals surface area (Å²) in [6.45, 7) is 6.91. The van der Waals surface area contributed by atoms with E-state index >= 15 is 0 Å². The van der Waals surface area contributed by atoms with Crippen molar-refractivity contribution in [2.75, 3.05) is 11.5 Å². The maximum Gasteiger partial charge on any atom is 0.119 e. The number of aryl methyl sites for hydroxylation is 2. The molecule has 2 nitrogen and oxygen atoms in total. The second-order valence-electron chi connectivity index (χ2n) is 7.93. The number of ether oxygens (including phenoxy) is 1. The standard InChI is InChI=1S/C30H29NO/c1-4-32-30-21-13-26(14-22-30)10-9-25-11-19-29(20-12-25)31(27-15-5-23(2)6-16-27)28-17-7-24(3)8-18-28/h5-22H,4H2,1-3H3/b10-9+. The van der Waals surface area contributed by atoms with Gasteiger partial charge in [0.15, 0.2) is 0 Å². The van der Waals surface area contributed by atoms with E-state index in [1.165, 1.54) is 11.1 Å². The van der Waals surface area contributed by atoms with Crippen LogP contribution in [0.15, 0.2) is 97.1 Å². The lowest BCUT2D eigenvalue weighted by Crippen LogP contribution is -2.09. The van der Waals surface area contributed by atoms with Crippen molar-refractivity contribution in [3.05, 3.63) is 119 Å². The van der Waals surface area contributed by atoms with E-state index in [4.69, 9.17) is 4.74 Å². The molecule has 0 spiro atoms. The van der Waals surface area contributed by atoms with Gasteiger partial charge in [0.2, 0.25) is 0 Å². The van der Waals surface area contributed by atoms with E-state index in [-0.39, 0.29) is 0 Å². The summed E-state index contributed by atoms with van der Waals surface area (Å²) in [4.78, 5) is 2.29. The van der Waals surface area contributed by atoms with Gasteiger partial charge in [-0.05, 0) is 80.4 Å². The van der Waals surface area contributed by atoms with Gasteiger partial charge < -0.3 is 9.64 Å². The normalized spacial score (nSPS) is 11.0. The summed E-state index contributed by atoms with van der Waals surface area (Å²) in [7, 11) is 0. The maximum atomic E-state index is 5.52. The number of hydrogen-bond donors (Lipinski definition) is 0. The summed E-state index contributed by atoms with van der Waals surface area (Å²) in [6, 6.07) is 34.2. The van der Waals surface area contributed by atoms with Crippen LogP contribution < -0.4 is 9.64 Å². The molecule has 0 heterocycles. The molecule has 0 saturated heterocycles. The van der Waals surface area contributed by atoms with E-state index in [1.54, 1.807) is 0 Å². The highest BCUT2D eigenvalue weighted by Crippen LogP contribution is 2.34. The van der Waals surface area contributed by atoms with E-state index in [2.05, 4.69) is 116 Å². The third-order valence-electron chi connectivity index (χ3n) is 5.39. The van der Waals surface area contributed by atoms with Crippen LogP contribution in [0.25, 0.3) is 12.2 Å². The van der Waals surface area contributed by atoms with Crippen molar-refractivity contribution in [3.63, 3.8) is 0 Å². The van der Waals surface area contributed by atoms with Crippen molar-refractivity contribution < 1.29 is 4.74 Å². The number of rotatable bonds is 7. The number of anilines is 3. The third kappa shape index (κ3) is 5.28. The van der Waals surface area contributed by atoms with Crippen molar-refractivity contribution >= 4 is 29.2 Å². The Balaban J connectivity index is 1.58. The van der Waals surface area contributed by atoms with E-state index in [1.807, 2.05) is 19.1 Å². The van der Waals surface area contributed by atoms with Crippen LogP contribution >= 0.6 is 0 Å². The minimum atomic E-state index is 0.684. The molecule has 0 aliphatic carbocycles. The van der Waals surface area contributed by atoms with E-state index in [0.29, 0.717) is 6.61 Å². The summed E-state index contributed by atoms with van der Waals surface area (Å²) in [5, 5.41) is 0. The van der Waals surface area contributed by atoms with Crippen LogP contribution in [0.1, 0.15) is 29.2 Å². The second-order valence-corrected chi connectivity index (χ2v) is 7.93. The zero-order valence-electron chi connectivity index (χ0n) is 19.0. The molecule has 0 radical (unpaired) electrons. The second kappa shape index (κ2) is 10.0. The number of benzene rings is 4. The Labute approximate surface area is 191 Å². The molecular weight excluding hydrogens is 390 g/mol. The Kier molecular flexibility index (Phi) is 6.72. The molecule has 0 fully saturated rings. The van der Waals surface area contributed by atoms with Gasteiger partial charge in [-0.2, -0.15) is 0 Å². The highest BCUT2D eigenvalue weighted by molar-refractivity contribution is 5.78. The first-order valence-electron chi connectivity index (χ1n) is 11.1. The van der Waals surface area contributed by atoms with Crippen molar-refractivity contribution in [1.29, 1.82) is 0 Å². The molecule has 0 aliphatic rings. The molecule has 32 heavy (non-hydrogen) atoms. The van der Waals surface area contributed by atoms with Crippen molar-refractivity contribution in [2.45, 2.75) is 20.8 Å². The lowest BCUT2D eigenvalue weighted by molar-refractivity contribution is 0.340. The first-order chi connectivity index (χ1) is 15.6. The van der Waals surface area contributed by atoms with Crippen LogP contribution in [-0.2, 0) is 0 Å². The fourth-order valence-electron chi connectivity index (χ4n) is 3.60. The van der Waals surface area contributed by atoms with Gasteiger partial charge in [-0.25, -0.2) is 0 Å². The molecule has 4 rings (SSSR count). The molecular formula is C30H29NO. The molecule has 4 aromatic rings. The number of hydrogen-bond acceptors (Lipinski definition) is 2. The maximum absolute atomic E-state index is 5.52. The quantitative estimate of drug-likeness (QED) is 0.279. The average molecular weight is 420 g/mol. The molecule has 4 aromatic carbocycles. The van der Waals surface area contributed by atoms with E-state index in [0.717, 1.165) is 33.9 Å². The highest BCUT2D eigenvalue weighted by Gasteiger charge is 2.12. The summed E-state index contributed by atoms with van der Waals surface area (Å²) >= 11 is 0. The Morgan fingerprint density at radius 1 is 0.562 bits per heavy atom. The van der Waals surface area contributed by atoms with Gasteiger partial charge in [-0.15, -0.1) is 0 Å². The summed E-state index contributed by atoms with van der Waals surface area (Å²) in [6.07, 6.45) is 4.27. The molecule has 0 N–H and O–H groups in total. The third-order valence-corrected chi connectivity index (χ3v) is 5.39. The van der Waals surface area contributed by atoms with Crippen molar-refractivity contribution in [2.24, 2.45) is 0 Å². The Morgan fingerprint density at radius 3 is 1.34 bits per heavy atom. The molecule has 0 atom stereocenters. The Hall–Kier alpha value is -3.78. The summed E-state index contributed by atoms with van der Waals surface area (Å²) < 4.78 is 5.52. The Bertz CT molecular complexity index is 1110. The molecule has 0 amide bonds. The Morgan fingerprint density at radius 2 is 0.938 bits per heavy atom. The fourth-order valence-corrected chi connectivity index (χ4v) is 3.60. The SMILES string of the molecule is CCOc1ccc(/C=C/c2ccc(N(c3ccc(C)cc3)c3ccc(C)cc3)cc2)cc1. The monoisotopic (exact) mass is 419 g/mol. The topological polar surface area (TPSA) is 12.5 Å². The zero-order valence-corrected chi connectivity index (χ0v) is 19.0. The van der Waals surface area contributed by atoms with Gasteiger partial charge >= 0.3 is 0 Å². The summed E-state index contributed by atoms with van der Waals surface area (Å²) in [5.41, 5.74) is 8.26. The van der Waals surface area contributed by atoms with Gasteiger partial charge in [-0.1, -0.05) is 71.8 Å². The molecule has 0 aromatic heterocycles. The molecule has 0 unspecified atom stereocenters. The number of nitrogens with zero attached hydrogens (tertiary/aromatic N) is 1. The first-order valence-corrected chi connectivity index (χ1v) is 11.1. The van der Waals surface area contributed by atoms with Crippen LogP contribution in [0, 0.1) is 13.8 Å². The molecule has 0 aliphatic heterocycles. The molecule has 0 bridgehead atoms. The van der Waals surface area contributed by atoms with E-state index < -0.39 is 0 Å². The zero-order chi connectivity index (χ0) is 22.3. The summed E-state index contributed by atoms with van der Waals surface area (Å²) in [5.74, 6) is 0.904. The first kappa shape index (κ1) is 21.5. The van der Waals surface area contributed by atoms with Crippen molar-refractivity contribution in [3.8, 4) is 5.75 Å². The van der Waals surface area contributed by atoms with Gasteiger partial charge in [0.25, 0.3) is 0 Å². The van der Waals surface area contributed by atoms with Gasteiger partial charge in [0.1, 0.15) is 5.75 Å². The van der Waals surface area contributed by atoms with Crippen LogP contribution in [0.2, 0.25) is 0 Å². The lowest BCUT2D eigenvalue weighted by atomic mass is 10.1. The van der Waals surface area contributed by atoms with Gasteiger partial charge in [-0.3, -0.25) is 0 Å².